The van der Waals surface area contributed by atoms with Crippen LogP contribution in [0.1, 0.15) is 0 Å². The highest BCUT2D eigenvalue weighted by molar-refractivity contribution is 5.91. The molecule has 9 aromatic rings. The molecule has 3 heteroatoms. The van der Waals surface area contributed by atoms with Crippen LogP contribution in [0.15, 0.2) is 212 Å². The minimum atomic E-state index is 0.620. The third-order valence-corrected chi connectivity index (χ3v) is 9.83. The van der Waals surface area contributed by atoms with Gasteiger partial charge in [-0.15, -0.1) is 0 Å². The van der Waals surface area contributed by atoms with Gasteiger partial charge in [0, 0.05) is 16.7 Å². The molecule has 0 saturated carbocycles. The first-order valence-corrected chi connectivity index (χ1v) is 18.2. The first-order valence-electron chi connectivity index (χ1n) is 18.2. The van der Waals surface area contributed by atoms with Crippen molar-refractivity contribution in [2.45, 2.75) is 0 Å². The van der Waals surface area contributed by atoms with Crippen LogP contribution in [0.5, 0.6) is 0 Å². The standard InChI is InChI=1S/C51H35N3/c1-4-16-36(17-5-1)38-28-32-41(33-29-38)44-23-11-14-26-47(44)50-52-49(42-34-30-39(31-35-42)37-18-6-2-7-19-37)53-51(54-50)48-27-15-13-25-46(48)45-24-12-10-22-43(45)40-20-8-3-9-21-40/h1-35H. The fraction of sp³-hybridized carbons (Fsp3) is 0. The fourth-order valence-corrected chi connectivity index (χ4v) is 7.09. The van der Waals surface area contributed by atoms with Gasteiger partial charge in [-0.25, -0.2) is 15.0 Å². The Kier molecular flexibility index (Phi) is 8.94. The Hall–Kier alpha value is -7.23. The van der Waals surface area contributed by atoms with E-state index in [9.17, 15) is 0 Å². The van der Waals surface area contributed by atoms with Gasteiger partial charge in [0.25, 0.3) is 0 Å². The van der Waals surface area contributed by atoms with Crippen LogP contribution in [0.2, 0.25) is 0 Å². The summed E-state index contributed by atoms with van der Waals surface area (Å²) in [5.41, 5.74) is 14.1. The lowest BCUT2D eigenvalue weighted by Crippen LogP contribution is -2.02. The zero-order valence-electron chi connectivity index (χ0n) is 29.5. The third-order valence-electron chi connectivity index (χ3n) is 9.83. The molecule has 9 rings (SSSR count). The molecule has 254 valence electrons. The summed E-state index contributed by atoms with van der Waals surface area (Å²) < 4.78 is 0. The predicted molar refractivity (Wildman–Crippen MR) is 223 cm³/mol. The van der Waals surface area contributed by atoms with Crippen LogP contribution < -0.4 is 0 Å². The molecule has 0 unspecified atom stereocenters. The summed E-state index contributed by atoms with van der Waals surface area (Å²) in [6.45, 7) is 0. The second-order valence-corrected chi connectivity index (χ2v) is 13.2. The van der Waals surface area contributed by atoms with E-state index in [1.54, 1.807) is 0 Å². The van der Waals surface area contributed by atoms with Crippen molar-refractivity contribution in [3.8, 4) is 89.8 Å². The molecule has 0 N–H and O–H groups in total. The summed E-state index contributed by atoms with van der Waals surface area (Å²) in [6, 6.07) is 74.0. The summed E-state index contributed by atoms with van der Waals surface area (Å²) in [4.78, 5) is 15.7. The topological polar surface area (TPSA) is 38.7 Å². The number of benzene rings is 8. The lowest BCUT2D eigenvalue weighted by atomic mass is 9.91. The smallest absolute Gasteiger partial charge is 0.164 e. The molecule has 1 heterocycles. The molecule has 0 amide bonds. The molecule has 8 aromatic carbocycles. The quantitative estimate of drug-likeness (QED) is 0.159. The summed E-state index contributed by atoms with van der Waals surface area (Å²) in [7, 11) is 0. The van der Waals surface area contributed by atoms with Crippen molar-refractivity contribution in [2.75, 3.05) is 0 Å². The van der Waals surface area contributed by atoms with E-state index in [0.29, 0.717) is 17.5 Å². The Balaban J connectivity index is 1.20. The number of rotatable bonds is 8. The molecule has 3 nitrogen and oxygen atoms in total. The zero-order chi connectivity index (χ0) is 36.1. The first kappa shape index (κ1) is 32.7. The van der Waals surface area contributed by atoms with Crippen molar-refractivity contribution in [1.82, 2.24) is 15.0 Å². The largest absolute Gasteiger partial charge is 0.208 e. The molecule has 0 radical (unpaired) electrons. The van der Waals surface area contributed by atoms with Crippen molar-refractivity contribution in [3.63, 3.8) is 0 Å². The highest BCUT2D eigenvalue weighted by atomic mass is 15.0. The summed E-state index contributed by atoms with van der Waals surface area (Å²) in [5, 5.41) is 0. The van der Waals surface area contributed by atoms with E-state index in [1.807, 2.05) is 12.1 Å². The van der Waals surface area contributed by atoms with Crippen molar-refractivity contribution < 1.29 is 0 Å². The van der Waals surface area contributed by atoms with Crippen LogP contribution in [0.25, 0.3) is 89.8 Å². The molecule has 0 aliphatic carbocycles. The molecule has 0 spiro atoms. The average Bonchev–Trinajstić information content (AvgIpc) is 3.27. The van der Waals surface area contributed by atoms with Crippen LogP contribution in [-0.4, -0.2) is 15.0 Å². The summed E-state index contributed by atoms with van der Waals surface area (Å²) >= 11 is 0. The maximum absolute atomic E-state index is 5.28. The summed E-state index contributed by atoms with van der Waals surface area (Å²) in [5.74, 6) is 1.86. The molecule has 0 bridgehead atoms. The molecule has 0 aliphatic heterocycles. The minimum absolute atomic E-state index is 0.620. The Labute approximate surface area is 316 Å². The van der Waals surface area contributed by atoms with E-state index in [1.165, 1.54) is 16.7 Å². The van der Waals surface area contributed by atoms with E-state index in [-0.39, 0.29) is 0 Å². The van der Waals surface area contributed by atoms with Crippen molar-refractivity contribution >= 4 is 0 Å². The van der Waals surface area contributed by atoms with Gasteiger partial charge in [-0.1, -0.05) is 212 Å². The molecule has 0 aliphatic rings. The van der Waals surface area contributed by atoms with E-state index in [2.05, 4.69) is 200 Å². The lowest BCUT2D eigenvalue weighted by Gasteiger charge is -2.16. The van der Waals surface area contributed by atoms with Crippen LogP contribution in [-0.2, 0) is 0 Å². The van der Waals surface area contributed by atoms with Gasteiger partial charge >= 0.3 is 0 Å². The molecule has 0 fully saturated rings. The lowest BCUT2D eigenvalue weighted by molar-refractivity contribution is 1.07. The Morgan fingerprint density at radius 3 is 0.907 bits per heavy atom. The monoisotopic (exact) mass is 689 g/mol. The molecule has 0 atom stereocenters. The van der Waals surface area contributed by atoms with Crippen LogP contribution in [0.4, 0.5) is 0 Å². The van der Waals surface area contributed by atoms with Crippen LogP contribution in [0, 0.1) is 0 Å². The number of nitrogens with zero attached hydrogens (tertiary/aromatic N) is 3. The predicted octanol–water partition coefficient (Wildman–Crippen LogP) is 13.2. The van der Waals surface area contributed by atoms with E-state index < -0.39 is 0 Å². The second kappa shape index (κ2) is 14.8. The van der Waals surface area contributed by atoms with Gasteiger partial charge in [-0.3, -0.25) is 0 Å². The molecular weight excluding hydrogens is 655 g/mol. The van der Waals surface area contributed by atoms with Gasteiger partial charge in [-0.2, -0.15) is 0 Å². The van der Waals surface area contributed by atoms with Gasteiger partial charge in [0.2, 0.25) is 0 Å². The first-order chi connectivity index (χ1) is 26.8. The van der Waals surface area contributed by atoms with E-state index >= 15 is 0 Å². The van der Waals surface area contributed by atoms with Crippen LogP contribution in [0.3, 0.4) is 0 Å². The minimum Gasteiger partial charge on any atom is -0.208 e. The maximum atomic E-state index is 5.28. The SMILES string of the molecule is c1ccc(-c2ccc(-c3nc(-c4ccccc4-c4ccc(-c5ccccc5)cc4)nc(-c4ccccc4-c4ccccc4-c4ccccc4)n3)cc2)cc1. The van der Waals surface area contributed by atoms with Gasteiger partial charge in [0.15, 0.2) is 17.5 Å². The van der Waals surface area contributed by atoms with Crippen molar-refractivity contribution in [3.05, 3.63) is 212 Å². The molecule has 0 saturated heterocycles. The van der Waals surface area contributed by atoms with Gasteiger partial charge < -0.3 is 0 Å². The van der Waals surface area contributed by atoms with Crippen LogP contribution >= 0.6 is 0 Å². The highest BCUT2D eigenvalue weighted by Crippen LogP contribution is 2.39. The van der Waals surface area contributed by atoms with Crippen molar-refractivity contribution in [1.29, 1.82) is 0 Å². The summed E-state index contributed by atoms with van der Waals surface area (Å²) in [6.07, 6.45) is 0. The number of aromatic nitrogens is 3. The Morgan fingerprint density at radius 1 is 0.167 bits per heavy atom. The Bertz CT molecular complexity index is 2670. The van der Waals surface area contributed by atoms with Gasteiger partial charge in [0.1, 0.15) is 0 Å². The van der Waals surface area contributed by atoms with Crippen molar-refractivity contribution in [2.24, 2.45) is 0 Å². The normalized spacial score (nSPS) is 11.0. The van der Waals surface area contributed by atoms with Gasteiger partial charge in [0.05, 0.1) is 0 Å². The average molecular weight is 690 g/mol. The van der Waals surface area contributed by atoms with E-state index in [4.69, 9.17) is 15.0 Å². The Morgan fingerprint density at radius 2 is 0.426 bits per heavy atom. The third kappa shape index (κ3) is 6.63. The number of hydrogen-bond acceptors (Lipinski definition) is 3. The zero-order valence-corrected chi connectivity index (χ0v) is 29.5. The van der Waals surface area contributed by atoms with Gasteiger partial charge in [-0.05, 0) is 55.6 Å². The second-order valence-electron chi connectivity index (χ2n) is 13.2. The molecule has 1 aromatic heterocycles. The maximum Gasteiger partial charge on any atom is 0.164 e. The fourth-order valence-electron chi connectivity index (χ4n) is 7.09. The highest BCUT2D eigenvalue weighted by Gasteiger charge is 2.19. The number of hydrogen-bond donors (Lipinski definition) is 0. The van der Waals surface area contributed by atoms with E-state index in [0.717, 1.165) is 55.6 Å². The molecular formula is C51H35N3. The molecule has 54 heavy (non-hydrogen) atoms.